The number of hydrogen-bond donors (Lipinski definition) is 0. The van der Waals surface area contributed by atoms with Gasteiger partial charge in [-0.3, -0.25) is 4.79 Å². The van der Waals surface area contributed by atoms with Crippen molar-refractivity contribution < 1.29 is 4.79 Å². The lowest BCUT2D eigenvalue weighted by atomic mass is 9.77. The van der Waals surface area contributed by atoms with E-state index in [1.165, 1.54) is 44.1 Å². The first-order valence-corrected chi connectivity index (χ1v) is 8.37. The van der Waals surface area contributed by atoms with Crippen LogP contribution in [0.3, 0.4) is 0 Å². The molecule has 0 amide bonds. The van der Waals surface area contributed by atoms with Gasteiger partial charge in [0.05, 0.1) is 0 Å². The number of hydrogen-bond acceptors (Lipinski definition) is 1. The maximum absolute atomic E-state index is 11.8. The third-order valence-electron chi connectivity index (χ3n) is 4.72. The second-order valence-electron chi connectivity index (χ2n) is 6.30. The summed E-state index contributed by atoms with van der Waals surface area (Å²) in [5.74, 6) is 1.96. The summed E-state index contributed by atoms with van der Waals surface area (Å²) in [5, 5.41) is 0. The van der Waals surface area contributed by atoms with E-state index in [9.17, 15) is 4.79 Å². The van der Waals surface area contributed by atoms with Gasteiger partial charge in [-0.25, -0.2) is 0 Å². The highest BCUT2D eigenvalue weighted by Gasteiger charge is 2.21. The summed E-state index contributed by atoms with van der Waals surface area (Å²) in [6.07, 6.45) is 9.74. The molecule has 1 nitrogen and oxygen atoms in total. The summed E-state index contributed by atoms with van der Waals surface area (Å²) in [5.41, 5.74) is 2.32. The van der Waals surface area contributed by atoms with Crippen molar-refractivity contribution >= 4 is 5.78 Å². The van der Waals surface area contributed by atoms with Crippen LogP contribution in [0.25, 0.3) is 0 Å². The fraction of sp³-hybridized carbons (Fsp3) is 0.632. The SMILES string of the molecule is CCCC(=O)c1ccc(C2CCC(CCC)CC2)cc1. The number of benzene rings is 1. The molecule has 1 saturated carbocycles. The van der Waals surface area contributed by atoms with Crippen LogP contribution in [0.4, 0.5) is 0 Å². The molecule has 1 aromatic rings. The monoisotopic (exact) mass is 272 g/mol. The first-order chi connectivity index (χ1) is 9.74. The minimum Gasteiger partial charge on any atom is -0.294 e. The van der Waals surface area contributed by atoms with E-state index in [1.807, 2.05) is 12.1 Å². The van der Waals surface area contributed by atoms with Gasteiger partial charge in [-0.15, -0.1) is 0 Å². The first kappa shape index (κ1) is 15.3. The molecule has 0 saturated heterocycles. The Balaban J connectivity index is 1.92. The number of rotatable bonds is 6. The van der Waals surface area contributed by atoms with E-state index in [0.29, 0.717) is 6.42 Å². The van der Waals surface area contributed by atoms with Crippen LogP contribution in [0.5, 0.6) is 0 Å². The van der Waals surface area contributed by atoms with Gasteiger partial charge in [0.15, 0.2) is 5.78 Å². The van der Waals surface area contributed by atoms with Crippen LogP contribution in [-0.4, -0.2) is 5.78 Å². The molecule has 1 fully saturated rings. The Bertz CT molecular complexity index is 410. The second kappa shape index (κ2) is 7.61. The summed E-state index contributed by atoms with van der Waals surface area (Å²) in [6.45, 7) is 4.35. The highest BCUT2D eigenvalue weighted by molar-refractivity contribution is 5.96. The molecule has 110 valence electrons. The minimum absolute atomic E-state index is 0.283. The molecule has 0 atom stereocenters. The predicted octanol–water partition coefficient (Wildman–Crippen LogP) is 5.74. The normalized spacial score (nSPS) is 22.7. The van der Waals surface area contributed by atoms with Crippen molar-refractivity contribution in [2.75, 3.05) is 0 Å². The van der Waals surface area contributed by atoms with E-state index in [2.05, 4.69) is 26.0 Å². The van der Waals surface area contributed by atoms with Crippen molar-refractivity contribution in [3.05, 3.63) is 35.4 Å². The van der Waals surface area contributed by atoms with Gasteiger partial charge in [0, 0.05) is 12.0 Å². The summed E-state index contributed by atoms with van der Waals surface area (Å²) in [6, 6.07) is 8.44. The van der Waals surface area contributed by atoms with E-state index in [-0.39, 0.29) is 5.78 Å². The van der Waals surface area contributed by atoms with Crippen LogP contribution in [0, 0.1) is 5.92 Å². The molecule has 0 radical (unpaired) electrons. The summed E-state index contributed by atoms with van der Waals surface area (Å²) in [7, 11) is 0. The first-order valence-electron chi connectivity index (χ1n) is 8.37. The molecule has 0 bridgehead atoms. The van der Waals surface area contributed by atoms with Crippen LogP contribution in [0.1, 0.15) is 87.1 Å². The Morgan fingerprint density at radius 3 is 2.20 bits per heavy atom. The largest absolute Gasteiger partial charge is 0.294 e. The number of ketones is 1. The molecule has 1 aliphatic rings. The fourth-order valence-electron chi connectivity index (χ4n) is 3.51. The predicted molar refractivity (Wildman–Crippen MR) is 85.3 cm³/mol. The topological polar surface area (TPSA) is 17.1 Å². The van der Waals surface area contributed by atoms with Gasteiger partial charge >= 0.3 is 0 Å². The molecule has 0 heterocycles. The van der Waals surface area contributed by atoms with Crippen molar-refractivity contribution in [1.29, 1.82) is 0 Å². The summed E-state index contributed by atoms with van der Waals surface area (Å²) >= 11 is 0. The Labute approximate surface area is 123 Å². The van der Waals surface area contributed by atoms with Gasteiger partial charge in [0.25, 0.3) is 0 Å². The van der Waals surface area contributed by atoms with E-state index < -0.39 is 0 Å². The van der Waals surface area contributed by atoms with Gasteiger partial charge in [-0.2, -0.15) is 0 Å². The zero-order valence-electron chi connectivity index (χ0n) is 13.0. The number of carbonyl (C=O) groups excluding carboxylic acids is 1. The van der Waals surface area contributed by atoms with Crippen molar-refractivity contribution in [2.24, 2.45) is 5.92 Å². The Kier molecular flexibility index (Phi) is 5.82. The molecule has 1 heteroatoms. The molecule has 20 heavy (non-hydrogen) atoms. The zero-order chi connectivity index (χ0) is 14.4. The van der Waals surface area contributed by atoms with Gasteiger partial charge in [-0.1, -0.05) is 51.0 Å². The van der Waals surface area contributed by atoms with Crippen molar-refractivity contribution in [2.45, 2.75) is 71.1 Å². The third-order valence-corrected chi connectivity index (χ3v) is 4.72. The van der Waals surface area contributed by atoms with Gasteiger partial charge < -0.3 is 0 Å². The summed E-state index contributed by atoms with van der Waals surface area (Å²) in [4.78, 5) is 11.8. The van der Waals surface area contributed by atoms with Crippen LogP contribution in [0.2, 0.25) is 0 Å². The maximum atomic E-state index is 11.8. The molecule has 0 aromatic heterocycles. The van der Waals surface area contributed by atoms with E-state index >= 15 is 0 Å². The van der Waals surface area contributed by atoms with Gasteiger partial charge in [-0.05, 0) is 49.5 Å². The van der Waals surface area contributed by atoms with Gasteiger partial charge in [0.1, 0.15) is 0 Å². The standard InChI is InChI=1S/C19H28O/c1-3-5-15-7-9-16(10-8-15)17-11-13-18(14-12-17)19(20)6-4-2/h11-16H,3-10H2,1-2H3. The quantitative estimate of drug-likeness (QED) is 0.603. The Hall–Kier alpha value is -1.11. The lowest BCUT2D eigenvalue weighted by Crippen LogP contribution is -2.13. The average molecular weight is 272 g/mol. The highest BCUT2D eigenvalue weighted by atomic mass is 16.1. The molecular formula is C19H28O. The Morgan fingerprint density at radius 2 is 1.65 bits per heavy atom. The fourth-order valence-corrected chi connectivity index (χ4v) is 3.51. The van der Waals surface area contributed by atoms with Crippen LogP contribution < -0.4 is 0 Å². The highest BCUT2D eigenvalue weighted by Crippen LogP contribution is 2.37. The number of carbonyl (C=O) groups is 1. The van der Waals surface area contributed by atoms with Crippen molar-refractivity contribution in [1.82, 2.24) is 0 Å². The summed E-state index contributed by atoms with van der Waals surface area (Å²) < 4.78 is 0. The molecule has 0 aliphatic heterocycles. The molecule has 1 aromatic carbocycles. The maximum Gasteiger partial charge on any atom is 0.162 e. The van der Waals surface area contributed by atoms with Crippen LogP contribution in [0.15, 0.2) is 24.3 Å². The van der Waals surface area contributed by atoms with Crippen LogP contribution in [-0.2, 0) is 0 Å². The van der Waals surface area contributed by atoms with E-state index in [4.69, 9.17) is 0 Å². The molecule has 0 spiro atoms. The lowest BCUT2D eigenvalue weighted by molar-refractivity contribution is 0.0981. The average Bonchev–Trinajstić information content (AvgIpc) is 2.49. The van der Waals surface area contributed by atoms with Crippen molar-refractivity contribution in [3.8, 4) is 0 Å². The van der Waals surface area contributed by atoms with Gasteiger partial charge in [0.2, 0.25) is 0 Å². The molecule has 2 rings (SSSR count). The van der Waals surface area contributed by atoms with Crippen molar-refractivity contribution in [3.63, 3.8) is 0 Å². The third kappa shape index (κ3) is 3.94. The second-order valence-corrected chi connectivity index (χ2v) is 6.30. The number of Topliss-reactive ketones (excluding diaryl/α,β-unsaturated/α-hetero) is 1. The molecular weight excluding hydrogens is 244 g/mol. The Morgan fingerprint density at radius 1 is 1.00 bits per heavy atom. The van der Waals surface area contributed by atoms with E-state index in [0.717, 1.165) is 23.8 Å². The van der Waals surface area contributed by atoms with E-state index in [1.54, 1.807) is 0 Å². The molecule has 1 aliphatic carbocycles. The lowest BCUT2D eigenvalue weighted by Gasteiger charge is -2.28. The zero-order valence-corrected chi connectivity index (χ0v) is 13.0. The molecule has 0 N–H and O–H groups in total. The van der Waals surface area contributed by atoms with Crippen LogP contribution >= 0.6 is 0 Å². The smallest absolute Gasteiger partial charge is 0.162 e. The molecule has 0 unspecified atom stereocenters. The minimum atomic E-state index is 0.283.